The maximum atomic E-state index is 9.05. The summed E-state index contributed by atoms with van der Waals surface area (Å²) in [7, 11) is 0. The van der Waals surface area contributed by atoms with Gasteiger partial charge in [-0.3, -0.25) is 0 Å². The van der Waals surface area contributed by atoms with E-state index in [-0.39, 0.29) is 6.61 Å². The van der Waals surface area contributed by atoms with Crippen molar-refractivity contribution in [3.8, 4) is 0 Å². The van der Waals surface area contributed by atoms with Gasteiger partial charge in [-0.05, 0) is 36.6 Å². The Labute approximate surface area is 78.9 Å². The van der Waals surface area contributed by atoms with Crippen molar-refractivity contribution in [1.29, 1.82) is 0 Å². The first-order valence-electron chi connectivity index (χ1n) is 4.51. The van der Waals surface area contributed by atoms with Gasteiger partial charge in [0.2, 0.25) is 0 Å². The molecule has 0 saturated carbocycles. The van der Waals surface area contributed by atoms with Crippen LogP contribution in [0.3, 0.4) is 0 Å². The van der Waals surface area contributed by atoms with E-state index in [1.165, 1.54) is 0 Å². The number of aliphatic hydroxyl groups is 1. The Hall–Kier alpha value is -1.02. The van der Waals surface area contributed by atoms with Crippen molar-refractivity contribution in [2.45, 2.75) is 20.8 Å². The molecule has 1 heterocycles. The van der Waals surface area contributed by atoms with Crippen molar-refractivity contribution in [1.82, 2.24) is 0 Å². The molecule has 0 fully saturated rings. The second kappa shape index (κ2) is 4.28. The number of rotatable bonds is 3. The minimum atomic E-state index is 0.0947. The highest BCUT2D eigenvalue weighted by Gasteiger charge is 2.03. The molecule has 0 aliphatic rings. The van der Waals surface area contributed by atoms with E-state index in [1.54, 1.807) is 0 Å². The zero-order valence-electron chi connectivity index (χ0n) is 8.37. The normalized spacial score (nSPS) is 12.5. The van der Waals surface area contributed by atoms with Gasteiger partial charge in [-0.25, -0.2) is 0 Å². The Morgan fingerprint density at radius 2 is 2.23 bits per heavy atom. The lowest BCUT2D eigenvalue weighted by Crippen LogP contribution is -1.98. The van der Waals surface area contributed by atoms with Crippen LogP contribution < -0.4 is 0 Å². The Morgan fingerprint density at radius 1 is 1.54 bits per heavy atom. The summed E-state index contributed by atoms with van der Waals surface area (Å²) in [6, 6.07) is 3.83. The summed E-state index contributed by atoms with van der Waals surface area (Å²) in [4.78, 5) is 0. The zero-order valence-corrected chi connectivity index (χ0v) is 8.37. The molecule has 72 valence electrons. The lowest BCUT2D eigenvalue weighted by molar-refractivity contribution is 0.320. The minimum Gasteiger partial charge on any atom is -0.462 e. The van der Waals surface area contributed by atoms with Crippen LogP contribution in [0.25, 0.3) is 6.08 Å². The van der Waals surface area contributed by atoms with E-state index in [0.29, 0.717) is 5.92 Å². The van der Waals surface area contributed by atoms with Crippen molar-refractivity contribution in [2.75, 3.05) is 6.61 Å². The van der Waals surface area contributed by atoms with Crippen LogP contribution in [-0.2, 0) is 0 Å². The van der Waals surface area contributed by atoms with Crippen LogP contribution in [-0.4, -0.2) is 11.7 Å². The minimum absolute atomic E-state index is 0.0947. The van der Waals surface area contributed by atoms with E-state index in [9.17, 15) is 0 Å². The SMILES string of the molecule is Cc1ccc(C=C(CO)C(C)C)o1. The number of hydrogen-bond acceptors (Lipinski definition) is 2. The molecule has 0 aromatic carbocycles. The summed E-state index contributed by atoms with van der Waals surface area (Å²) < 4.78 is 5.38. The Kier molecular flexibility index (Phi) is 3.32. The van der Waals surface area contributed by atoms with Crippen molar-refractivity contribution >= 4 is 6.08 Å². The number of hydrogen-bond donors (Lipinski definition) is 1. The largest absolute Gasteiger partial charge is 0.462 e. The lowest BCUT2D eigenvalue weighted by Gasteiger charge is -2.06. The van der Waals surface area contributed by atoms with Gasteiger partial charge >= 0.3 is 0 Å². The molecule has 0 spiro atoms. The van der Waals surface area contributed by atoms with Crippen LogP contribution in [0.4, 0.5) is 0 Å². The zero-order chi connectivity index (χ0) is 9.84. The fourth-order valence-electron chi connectivity index (χ4n) is 1.11. The first-order valence-corrected chi connectivity index (χ1v) is 4.51. The van der Waals surface area contributed by atoms with E-state index >= 15 is 0 Å². The predicted octanol–water partition coefficient (Wildman–Crippen LogP) is 2.62. The molecule has 1 N–H and O–H groups in total. The average molecular weight is 180 g/mol. The van der Waals surface area contributed by atoms with E-state index in [0.717, 1.165) is 17.1 Å². The van der Waals surface area contributed by atoms with E-state index in [1.807, 2.05) is 25.1 Å². The third-order valence-corrected chi connectivity index (χ3v) is 2.01. The summed E-state index contributed by atoms with van der Waals surface area (Å²) in [5.41, 5.74) is 0.995. The molecule has 1 aromatic heterocycles. The van der Waals surface area contributed by atoms with E-state index in [2.05, 4.69) is 13.8 Å². The Bertz CT molecular complexity index is 295. The van der Waals surface area contributed by atoms with Gasteiger partial charge in [0.25, 0.3) is 0 Å². The van der Waals surface area contributed by atoms with Gasteiger partial charge in [0, 0.05) is 0 Å². The monoisotopic (exact) mass is 180 g/mol. The van der Waals surface area contributed by atoms with Crippen LogP contribution in [0.5, 0.6) is 0 Å². The molecule has 0 unspecified atom stereocenters. The lowest BCUT2D eigenvalue weighted by atomic mass is 10.0. The molecular weight excluding hydrogens is 164 g/mol. The third kappa shape index (κ3) is 2.74. The molecule has 1 rings (SSSR count). The van der Waals surface area contributed by atoms with E-state index in [4.69, 9.17) is 9.52 Å². The summed E-state index contributed by atoms with van der Waals surface area (Å²) in [5, 5.41) is 9.05. The second-order valence-electron chi connectivity index (χ2n) is 3.48. The number of aryl methyl sites for hydroxylation is 1. The highest BCUT2D eigenvalue weighted by molar-refractivity contribution is 5.48. The van der Waals surface area contributed by atoms with Crippen LogP contribution in [0.2, 0.25) is 0 Å². The van der Waals surface area contributed by atoms with Gasteiger partial charge in [-0.15, -0.1) is 0 Å². The van der Waals surface area contributed by atoms with Crippen molar-refractivity contribution in [3.63, 3.8) is 0 Å². The van der Waals surface area contributed by atoms with Crippen molar-refractivity contribution in [2.24, 2.45) is 5.92 Å². The summed E-state index contributed by atoms with van der Waals surface area (Å²) in [6.45, 7) is 6.11. The second-order valence-corrected chi connectivity index (χ2v) is 3.48. The fourth-order valence-corrected chi connectivity index (χ4v) is 1.11. The number of aliphatic hydroxyl groups excluding tert-OH is 1. The molecule has 1 aromatic rings. The van der Waals surface area contributed by atoms with Crippen LogP contribution in [0, 0.1) is 12.8 Å². The fraction of sp³-hybridized carbons (Fsp3) is 0.455. The molecule has 0 aliphatic carbocycles. The molecule has 0 amide bonds. The molecule has 13 heavy (non-hydrogen) atoms. The van der Waals surface area contributed by atoms with Crippen molar-refractivity contribution in [3.05, 3.63) is 29.2 Å². The molecule has 0 saturated heterocycles. The van der Waals surface area contributed by atoms with Gasteiger partial charge in [-0.1, -0.05) is 13.8 Å². The van der Waals surface area contributed by atoms with Gasteiger partial charge in [0.15, 0.2) is 0 Å². The van der Waals surface area contributed by atoms with Gasteiger partial charge in [0.1, 0.15) is 11.5 Å². The van der Waals surface area contributed by atoms with Crippen LogP contribution in [0.1, 0.15) is 25.4 Å². The third-order valence-electron chi connectivity index (χ3n) is 2.01. The predicted molar refractivity (Wildman–Crippen MR) is 53.3 cm³/mol. The van der Waals surface area contributed by atoms with Gasteiger partial charge in [-0.2, -0.15) is 0 Å². The van der Waals surface area contributed by atoms with Crippen LogP contribution in [0.15, 0.2) is 22.1 Å². The average Bonchev–Trinajstić information content (AvgIpc) is 2.46. The van der Waals surface area contributed by atoms with Crippen molar-refractivity contribution < 1.29 is 9.52 Å². The molecule has 0 aliphatic heterocycles. The molecular formula is C11H16O2. The van der Waals surface area contributed by atoms with E-state index < -0.39 is 0 Å². The molecule has 0 radical (unpaired) electrons. The highest BCUT2D eigenvalue weighted by atomic mass is 16.3. The quantitative estimate of drug-likeness (QED) is 0.775. The summed E-state index contributed by atoms with van der Waals surface area (Å²) >= 11 is 0. The highest BCUT2D eigenvalue weighted by Crippen LogP contribution is 2.15. The first kappa shape index (κ1) is 10.1. The topological polar surface area (TPSA) is 33.4 Å². The Balaban J connectivity index is 2.84. The maximum Gasteiger partial charge on any atom is 0.127 e. The Morgan fingerprint density at radius 3 is 2.62 bits per heavy atom. The smallest absolute Gasteiger partial charge is 0.127 e. The maximum absolute atomic E-state index is 9.05. The standard InChI is InChI=1S/C11H16O2/c1-8(2)10(7-12)6-11-5-4-9(3)13-11/h4-6,8,12H,7H2,1-3H3. The first-order chi connectivity index (χ1) is 6.13. The molecule has 0 atom stereocenters. The van der Waals surface area contributed by atoms with Crippen LogP contribution >= 0.6 is 0 Å². The van der Waals surface area contributed by atoms with Gasteiger partial charge < -0.3 is 9.52 Å². The summed E-state index contributed by atoms with van der Waals surface area (Å²) in [6.07, 6.45) is 1.90. The van der Waals surface area contributed by atoms with Gasteiger partial charge in [0.05, 0.1) is 6.61 Å². The number of furan rings is 1. The summed E-state index contributed by atoms with van der Waals surface area (Å²) in [5.74, 6) is 2.07. The molecule has 0 bridgehead atoms. The molecule has 2 heteroatoms. The molecule has 2 nitrogen and oxygen atoms in total.